The van der Waals surface area contributed by atoms with Crippen molar-refractivity contribution in [3.8, 4) is 0 Å². The normalized spacial score (nSPS) is 10.9. The maximum absolute atomic E-state index is 2.31. The first-order valence-corrected chi connectivity index (χ1v) is 11.4. The van der Waals surface area contributed by atoms with E-state index in [2.05, 4.69) is 115 Å². The smallest absolute Gasteiger partial charge is 0.0238 e. The minimum atomic E-state index is -0.561. The minimum absolute atomic E-state index is 0.561. The van der Waals surface area contributed by atoms with Gasteiger partial charge in [0.2, 0.25) is 0 Å². The molecule has 0 aliphatic carbocycles. The molecule has 0 aromatic heterocycles. The second kappa shape index (κ2) is 9.04. The number of hydrogen-bond donors (Lipinski definition) is 0. The predicted molar refractivity (Wildman–Crippen MR) is 121 cm³/mol. The Morgan fingerprint density at radius 2 is 1.00 bits per heavy atom. The summed E-state index contributed by atoms with van der Waals surface area (Å²) in [5.41, 5.74) is 1.42. The highest BCUT2D eigenvalue weighted by Crippen LogP contribution is 2.35. The number of thioether (sulfide) groups is 1. The third-order valence-electron chi connectivity index (χ3n) is 4.40. The van der Waals surface area contributed by atoms with Crippen LogP contribution in [0.1, 0.15) is 5.56 Å². The summed E-state index contributed by atoms with van der Waals surface area (Å²) in [6.45, 7) is 0. The van der Waals surface area contributed by atoms with E-state index in [-0.39, 0.29) is 0 Å². The van der Waals surface area contributed by atoms with Crippen LogP contribution < -0.4 is 15.9 Å². The molecular formula is C25H21PS. The van der Waals surface area contributed by atoms with E-state index in [1.54, 1.807) is 0 Å². The summed E-state index contributed by atoms with van der Waals surface area (Å²) in [6.07, 6.45) is 0. The van der Waals surface area contributed by atoms with Crippen LogP contribution in [-0.2, 0) is 5.75 Å². The SMILES string of the molecule is c1ccc(SCc2ccccc2P(c2ccccc2)c2ccccc2)cc1. The van der Waals surface area contributed by atoms with Gasteiger partial charge < -0.3 is 0 Å². The van der Waals surface area contributed by atoms with E-state index >= 15 is 0 Å². The molecule has 4 aromatic rings. The molecule has 0 aliphatic rings. The van der Waals surface area contributed by atoms with Crippen molar-refractivity contribution < 1.29 is 0 Å². The van der Waals surface area contributed by atoms with Gasteiger partial charge in [0.05, 0.1) is 0 Å². The van der Waals surface area contributed by atoms with E-state index in [0.29, 0.717) is 0 Å². The van der Waals surface area contributed by atoms with Crippen LogP contribution in [0.5, 0.6) is 0 Å². The average molecular weight is 384 g/mol. The monoisotopic (exact) mass is 384 g/mol. The third kappa shape index (κ3) is 4.50. The fraction of sp³-hybridized carbons (Fsp3) is 0.0400. The lowest BCUT2D eigenvalue weighted by Gasteiger charge is -2.22. The van der Waals surface area contributed by atoms with Crippen LogP contribution in [-0.4, -0.2) is 0 Å². The largest absolute Gasteiger partial charge is 0.121 e. The number of hydrogen-bond acceptors (Lipinski definition) is 1. The molecule has 0 amide bonds. The van der Waals surface area contributed by atoms with E-state index < -0.39 is 7.92 Å². The highest BCUT2D eigenvalue weighted by atomic mass is 32.2. The zero-order valence-corrected chi connectivity index (χ0v) is 16.7. The second-order valence-electron chi connectivity index (χ2n) is 6.24. The van der Waals surface area contributed by atoms with Gasteiger partial charge in [0.1, 0.15) is 0 Å². The topological polar surface area (TPSA) is 0 Å². The van der Waals surface area contributed by atoms with Crippen LogP contribution in [0.3, 0.4) is 0 Å². The van der Waals surface area contributed by atoms with E-state index in [9.17, 15) is 0 Å². The predicted octanol–water partition coefficient (Wildman–Crippen LogP) is 5.74. The van der Waals surface area contributed by atoms with Gasteiger partial charge in [-0.25, -0.2) is 0 Å². The molecule has 132 valence electrons. The Bertz CT molecular complexity index is 929. The van der Waals surface area contributed by atoms with Gasteiger partial charge in [0.15, 0.2) is 0 Å². The van der Waals surface area contributed by atoms with Gasteiger partial charge in [0.25, 0.3) is 0 Å². The van der Waals surface area contributed by atoms with Crippen LogP contribution >= 0.6 is 19.7 Å². The van der Waals surface area contributed by atoms with Gasteiger partial charge >= 0.3 is 0 Å². The first-order chi connectivity index (χ1) is 13.4. The molecule has 0 bridgehead atoms. The summed E-state index contributed by atoms with van der Waals surface area (Å²) in [6, 6.07) is 41.4. The molecule has 0 saturated carbocycles. The molecule has 27 heavy (non-hydrogen) atoms. The Morgan fingerprint density at radius 1 is 0.519 bits per heavy atom. The first-order valence-electron chi connectivity index (χ1n) is 9.08. The van der Waals surface area contributed by atoms with Crippen molar-refractivity contribution in [3.63, 3.8) is 0 Å². The van der Waals surface area contributed by atoms with E-state index in [1.807, 2.05) is 11.8 Å². The Labute approximate surface area is 167 Å². The van der Waals surface area contributed by atoms with Crippen LogP contribution in [0.25, 0.3) is 0 Å². The first kappa shape index (κ1) is 18.0. The van der Waals surface area contributed by atoms with Crippen molar-refractivity contribution in [3.05, 3.63) is 121 Å². The number of benzene rings is 4. The summed E-state index contributed by atoms with van der Waals surface area (Å²) in [5, 5.41) is 4.25. The average Bonchev–Trinajstić information content (AvgIpc) is 2.76. The molecule has 4 aromatic carbocycles. The summed E-state index contributed by atoms with van der Waals surface area (Å²) in [7, 11) is -0.561. The van der Waals surface area contributed by atoms with E-state index in [1.165, 1.54) is 26.4 Å². The van der Waals surface area contributed by atoms with Crippen LogP contribution in [0, 0.1) is 0 Å². The Kier molecular flexibility index (Phi) is 6.04. The van der Waals surface area contributed by atoms with Crippen molar-refractivity contribution in [1.29, 1.82) is 0 Å². The minimum Gasteiger partial charge on any atom is -0.121 e. The van der Waals surface area contributed by atoms with Crippen molar-refractivity contribution in [1.82, 2.24) is 0 Å². The Morgan fingerprint density at radius 3 is 1.59 bits per heavy atom. The summed E-state index contributed by atoms with van der Waals surface area (Å²) in [4.78, 5) is 1.32. The lowest BCUT2D eigenvalue weighted by molar-refractivity contribution is 1.40. The molecule has 0 N–H and O–H groups in total. The molecule has 0 heterocycles. The summed E-state index contributed by atoms with van der Waals surface area (Å²) < 4.78 is 0. The van der Waals surface area contributed by atoms with E-state index in [4.69, 9.17) is 0 Å². The van der Waals surface area contributed by atoms with Crippen LogP contribution in [0.15, 0.2) is 120 Å². The maximum Gasteiger partial charge on any atom is 0.0238 e. The van der Waals surface area contributed by atoms with Gasteiger partial charge in [-0.3, -0.25) is 0 Å². The Hall–Kier alpha value is -2.34. The zero-order chi connectivity index (χ0) is 18.3. The third-order valence-corrected chi connectivity index (χ3v) is 8.01. The van der Waals surface area contributed by atoms with Crippen molar-refractivity contribution in [2.45, 2.75) is 10.6 Å². The lowest BCUT2D eigenvalue weighted by atomic mass is 10.2. The summed E-state index contributed by atoms with van der Waals surface area (Å²) in [5.74, 6) is 0.985. The highest BCUT2D eigenvalue weighted by Gasteiger charge is 2.18. The lowest BCUT2D eigenvalue weighted by Crippen LogP contribution is -2.23. The Balaban J connectivity index is 1.72. The molecular weight excluding hydrogens is 363 g/mol. The molecule has 0 spiro atoms. The van der Waals surface area contributed by atoms with Gasteiger partial charge in [-0.05, 0) is 41.5 Å². The highest BCUT2D eigenvalue weighted by molar-refractivity contribution is 7.98. The summed E-state index contributed by atoms with van der Waals surface area (Å²) >= 11 is 1.91. The molecule has 0 aliphatic heterocycles. The fourth-order valence-electron chi connectivity index (χ4n) is 3.11. The zero-order valence-electron chi connectivity index (χ0n) is 15.0. The van der Waals surface area contributed by atoms with Crippen molar-refractivity contribution >= 4 is 35.6 Å². The van der Waals surface area contributed by atoms with E-state index in [0.717, 1.165) is 5.75 Å². The standard InChI is InChI=1S/C25H21PS/c1-4-13-22(14-5-1)26(23-15-6-2-7-16-23)25-19-11-10-12-21(25)20-27-24-17-8-3-9-18-24/h1-19H,20H2. The van der Waals surface area contributed by atoms with Crippen molar-refractivity contribution in [2.75, 3.05) is 0 Å². The van der Waals surface area contributed by atoms with Crippen molar-refractivity contribution in [2.24, 2.45) is 0 Å². The molecule has 4 rings (SSSR count). The van der Waals surface area contributed by atoms with Gasteiger partial charge in [0, 0.05) is 10.6 Å². The van der Waals surface area contributed by atoms with Crippen LogP contribution in [0.4, 0.5) is 0 Å². The molecule has 2 heteroatoms. The van der Waals surface area contributed by atoms with Gasteiger partial charge in [-0.1, -0.05) is 103 Å². The maximum atomic E-state index is 2.31. The molecule has 0 atom stereocenters. The second-order valence-corrected chi connectivity index (χ2v) is 9.47. The molecule has 0 unspecified atom stereocenters. The molecule has 0 nitrogen and oxygen atoms in total. The fourth-order valence-corrected chi connectivity index (χ4v) is 6.61. The number of rotatable bonds is 6. The molecule has 0 saturated heterocycles. The van der Waals surface area contributed by atoms with Gasteiger partial charge in [-0.2, -0.15) is 0 Å². The molecule has 0 fully saturated rings. The van der Waals surface area contributed by atoms with Gasteiger partial charge in [-0.15, -0.1) is 11.8 Å². The van der Waals surface area contributed by atoms with Crippen LogP contribution in [0.2, 0.25) is 0 Å². The molecule has 0 radical (unpaired) electrons. The quantitative estimate of drug-likeness (QED) is 0.302.